The van der Waals surface area contributed by atoms with Crippen molar-refractivity contribution in [2.24, 2.45) is 5.92 Å². The molecule has 1 fully saturated rings. The first-order valence-corrected chi connectivity index (χ1v) is 8.62. The Morgan fingerprint density at radius 2 is 1.76 bits per heavy atom. The minimum absolute atomic E-state index is 0.200. The van der Waals surface area contributed by atoms with Gasteiger partial charge in [0, 0.05) is 0 Å². The van der Waals surface area contributed by atoms with Gasteiger partial charge >= 0.3 is 6.03 Å². The Morgan fingerprint density at radius 3 is 2.24 bits per heavy atom. The molecule has 1 heterocycles. The van der Waals surface area contributed by atoms with Gasteiger partial charge < -0.3 is 10.6 Å². The lowest BCUT2D eigenvalue weighted by Gasteiger charge is -2.18. The highest BCUT2D eigenvalue weighted by Gasteiger charge is 2.44. The number of hydrogen-bond acceptors (Lipinski definition) is 3. The Labute approximate surface area is 149 Å². The smallest absolute Gasteiger partial charge is 0.325 e. The van der Waals surface area contributed by atoms with Gasteiger partial charge in [0.05, 0.1) is 6.04 Å². The molecule has 1 aliphatic heterocycles. The van der Waals surface area contributed by atoms with E-state index in [1.54, 1.807) is 13.8 Å². The molecule has 4 amide bonds. The van der Waals surface area contributed by atoms with Gasteiger partial charge in [-0.3, -0.25) is 14.5 Å². The summed E-state index contributed by atoms with van der Waals surface area (Å²) in [5.74, 6) is -0.158. The minimum Gasteiger partial charge on any atom is -0.348 e. The summed E-state index contributed by atoms with van der Waals surface area (Å²) in [5, 5.41) is 5.40. The summed E-state index contributed by atoms with van der Waals surface area (Å²) in [6.45, 7) is 9.19. The van der Waals surface area contributed by atoms with Crippen molar-refractivity contribution in [2.75, 3.05) is 6.54 Å². The summed E-state index contributed by atoms with van der Waals surface area (Å²) in [4.78, 5) is 37.1. The van der Waals surface area contributed by atoms with E-state index in [0.29, 0.717) is 5.92 Å². The van der Waals surface area contributed by atoms with E-state index in [1.807, 2.05) is 19.1 Å². The molecule has 136 valence electrons. The average Bonchev–Trinajstić information content (AvgIpc) is 2.69. The van der Waals surface area contributed by atoms with Crippen molar-refractivity contribution in [1.82, 2.24) is 15.5 Å². The molecule has 0 spiro atoms. The highest BCUT2D eigenvalue weighted by atomic mass is 16.2. The molecule has 1 saturated heterocycles. The number of rotatable bonds is 6. The van der Waals surface area contributed by atoms with Crippen molar-refractivity contribution in [2.45, 2.75) is 52.6 Å². The third kappa shape index (κ3) is 4.59. The molecular formula is C19H27N3O3. The van der Waals surface area contributed by atoms with Gasteiger partial charge in [-0.05, 0) is 44.2 Å². The summed E-state index contributed by atoms with van der Waals surface area (Å²) in [6.07, 6.45) is 1.02. The maximum Gasteiger partial charge on any atom is 0.325 e. The normalized spacial score (nSPS) is 17.6. The molecule has 2 rings (SSSR count). The van der Waals surface area contributed by atoms with Crippen LogP contribution in [-0.2, 0) is 16.0 Å². The van der Waals surface area contributed by atoms with E-state index in [2.05, 4.69) is 36.6 Å². The maximum absolute atomic E-state index is 12.2. The number of carbonyl (C=O) groups is 3. The molecule has 1 aromatic rings. The molecule has 0 saturated carbocycles. The summed E-state index contributed by atoms with van der Waals surface area (Å²) < 4.78 is 0. The molecule has 0 aliphatic carbocycles. The Morgan fingerprint density at radius 1 is 1.16 bits per heavy atom. The highest BCUT2D eigenvalue weighted by Crippen LogP contribution is 2.18. The monoisotopic (exact) mass is 345 g/mol. The number of urea groups is 1. The number of imide groups is 1. The van der Waals surface area contributed by atoms with Gasteiger partial charge in [0.15, 0.2) is 0 Å². The fraction of sp³-hybridized carbons (Fsp3) is 0.526. The third-order valence-corrected chi connectivity index (χ3v) is 4.25. The van der Waals surface area contributed by atoms with Crippen LogP contribution in [0.2, 0.25) is 0 Å². The van der Waals surface area contributed by atoms with Crippen LogP contribution in [0.1, 0.15) is 51.8 Å². The van der Waals surface area contributed by atoms with E-state index < -0.39 is 17.5 Å². The summed E-state index contributed by atoms with van der Waals surface area (Å²) >= 11 is 0. The molecule has 6 nitrogen and oxygen atoms in total. The van der Waals surface area contributed by atoms with Gasteiger partial charge in [0.1, 0.15) is 12.1 Å². The molecule has 0 bridgehead atoms. The first kappa shape index (κ1) is 19.0. The lowest BCUT2D eigenvalue weighted by molar-refractivity contribution is -0.134. The van der Waals surface area contributed by atoms with Crippen molar-refractivity contribution in [1.29, 1.82) is 0 Å². The first-order valence-electron chi connectivity index (χ1n) is 8.62. The predicted molar refractivity (Wildman–Crippen MR) is 95.9 cm³/mol. The second kappa shape index (κ2) is 7.25. The largest absolute Gasteiger partial charge is 0.348 e. The van der Waals surface area contributed by atoms with Crippen LogP contribution in [0, 0.1) is 5.92 Å². The average molecular weight is 345 g/mol. The maximum atomic E-state index is 12.2. The lowest BCUT2D eigenvalue weighted by atomic mass is 10.00. The molecule has 0 aromatic heterocycles. The zero-order valence-corrected chi connectivity index (χ0v) is 15.6. The van der Waals surface area contributed by atoms with E-state index in [9.17, 15) is 14.4 Å². The summed E-state index contributed by atoms with van der Waals surface area (Å²) in [5.41, 5.74) is 1.28. The Bertz CT molecular complexity index is 665. The Balaban J connectivity index is 1.94. The number of amides is 4. The van der Waals surface area contributed by atoms with E-state index in [0.717, 1.165) is 16.9 Å². The first-order chi connectivity index (χ1) is 11.6. The Kier molecular flexibility index (Phi) is 5.50. The van der Waals surface area contributed by atoms with Crippen molar-refractivity contribution in [3.05, 3.63) is 35.4 Å². The predicted octanol–water partition coefficient (Wildman–Crippen LogP) is 2.39. The molecule has 1 aliphatic rings. The molecule has 25 heavy (non-hydrogen) atoms. The van der Waals surface area contributed by atoms with Crippen LogP contribution < -0.4 is 10.6 Å². The second-order valence-electron chi connectivity index (χ2n) is 7.58. The summed E-state index contributed by atoms with van der Waals surface area (Å²) in [7, 11) is 0. The van der Waals surface area contributed by atoms with E-state index in [-0.39, 0.29) is 18.5 Å². The van der Waals surface area contributed by atoms with E-state index in [4.69, 9.17) is 0 Å². The van der Waals surface area contributed by atoms with Gasteiger partial charge in [-0.25, -0.2) is 4.79 Å². The number of benzene rings is 1. The molecule has 0 unspecified atom stereocenters. The van der Waals surface area contributed by atoms with Crippen LogP contribution in [0.25, 0.3) is 0 Å². The number of nitrogens with one attached hydrogen (secondary N) is 2. The topological polar surface area (TPSA) is 78.5 Å². The van der Waals surface area contributed by atoms with Crippen LogP contribution in [0.4, 0.5) is 4.79 Å². The van der Waals surface area contributed by atoms with Crippen molar-refractivity contribution >= 4 is 17.8 Å². The highest BCUT2D eigenvalue weighted by molar-refractivity contribution is 6.08. The third-order valence-electron chi connectivity index (χ3n) is 4.25. The fourth-order valence-corrected chi connectivity index (χ4v) is 2.89. The quantitative estimate of drug-likeness (QED) is 0.777. The zero-order valence-electron chi connectivity index (χ0n) is 15.6. The van der Waals surface area contributed by atoms with Crippen LogP contribution in [0.15, 0.2) is 24.3 Å². The second-order valence-corrected chi connectivity index (χ2v) is 7.58. The van der Waals surface area contributed by atoms with Gasteiger partial charge in [0.25, 0.3) is 5.91 Å². The zero-order chi connectivity index (χ0) is 18.8. The number of carbonyl (C=O) groups excluding carboxylic acids is 3. The molecule has 1 aromatic carbocycles. The standard InChI is InChI=1S/C19H27N3O3/c1-12(2)10-14-6-8-15(9-7-14)13(3)20-16(23)11-22-17(24)19(4,5)21-18(22)25/h6-9,12-13H,10-11H2,1-5H3,(H,20,23)(H,21,25)/t13-/m1/s1. The van der Waals surface area contributed by atoms with Crippen molar-refractivity contribution < 1.29 is 14.4 Å². The fourth-order valence-electron chi connectivity index (χ4n) is 2.89. The van der Waals surface area contributed by atoms with Crippen LogP contribution in [0.3, 0.4) is 0 Å². The van der Waals surface area contributed by atoms with Crippen LogP contribution in [0.5, 0.6) is 0 Å². The SMILES string of the molecule is CC(C)Cc1ccc([C@@H](C)NC(=O)CN2C(=O)NC(C)(C)C2=O)cc1. The van der Waals surface area contributed by atoms with Gasteiger partial charge in [-0.1, -0.05) is 38.1 Å². The lowest BCUT2D eigenvalue weighted by Crippen LogP contribution is -2.43. The minimum atomic E-state index is -0.963. The van der Waals surface area contributed by atoms with Crippen molar-refractivity contribution in [3.63, 3.8) is 0 Å². The molecule has 2 N–H and O–H groups in total. The van der Waals surface area contributed by atoms with E-state index >= 15 is 0 Å². The Hall–Kier alpha value is -2.37. The van der Waals surface area contributed by atoms with Gasteiger partial charge in [-0.2, -0.15) is 0 Å². The number of nitrogens with zero attached hydrogens (tertiary/aromatic N) is 1. The molecular weight excluding hydrogens is 318 g/mol. The summed E-state index contributed by atoms with van der Waals surface area (Å²) in [6, 6.07) is 7.40. The van der Waals surface area contributed by atoms with Gasteiger partial charge in [-0.15, -0.1) is 0 Å². The van der Waals surface area contributed by atoms with Gasteiger partial charge in [0.2, 0.25) is 5.91 Å². The van der Waals surface area contributed by atoms with E-state index in [1.165, 1.54) is 5.56 Å². The molecule has 0 radical (unpaired) electrons. The van der Waals surface area contributed by atoms with Crippen LogP contribution >= 0.6 is 0 Å². The van der Waals surface area contributed by atoms with Crippen LogP contribution in [-0.4, -0.2) is 34.8 Å². The molecule has 6 heteroatoms. The van der Waals surface area contributed by atoms with Crippen molar-refractivity contribution in [3.8, 4) is 0 Å². The molecule has 1 atom stereocenters. The number of hydrogen-bond donors (Lipinski definition) is 2.